The fourth-order valence-electron chi connectivity index (χ4n) is 2.12. The zero-order valence-corrected chi connectivity index (χ0v) is 13.4. The number of hydrogen-bond donors (Lipinski definition) is 2. The highest BCUT2D eigenvalue weighted by atomic mass is 79.9. The molecule has 0 saturated carbocycles. The number of benzene rings is 1. The van der Waals surface area contributed by atoms with Crippen LogP contribution in [-0.2, 0) is 22.6 Å². The predicted molar refractivity (Wildman–Crippen MR) is 81.2 cm³/mol. The molecule has 21 heavy (non-hydrogen) atoms. The van der Waals surface area contributed by atoms with Gasteiger partial charge >= 0.3 is 5.97 Å². The van der Waals surface area contributed by atoms with Crippen LogP contribution in [0.25, 0.3) is 0 Å². The zero-order valence-electron chi connectivity index (χ0n) is 11.8. The molecule has 5 nitrogen and oxygen atoms in total. The van der Waals surface area contributed by atoms with Gasteiger partial charge in [0.2, 0.25) is 5.91 Å². The Balaban J connectivity index is 2.13. The van der Waals surface area contributed by atoms with Gasteiger partial charge in [-0.15, -0.1) is 0 Å². The Morgan fingerprint density at radius 1 is 1.33 bits per heavy atom. The maximum atomic E-state index is 12.0. The second-order valence-corrected chi connectivity index (χ2v) is 5.81. The minimum absolute atomic E-state index is 0.0446. The van der Waals surface area contributed by atoms with Gasteiger partial charge in [-0.2, -0.15) is 0 Å². The zero-order chi connectivity index (χ0) is 15.6. The van der Waals surface area contributed by atoms with Gasteiger partial charge < -0.3 is 15.2 Å². The van der Waals surface area contributed by atoms with E-state index in [1.54, 1.807) is 0 Å². The first-order chi connectivity index (χ1) is 9.90. The van der Waals surface area contributed by atoms with Crippen molar-refractivity contribution in [3.63, 3.8) is 0 Å². The Kier molecular flexibility index (Phi) is 4.67. The van der Waals surface area contributed by atoms with Gasteiger partial charge in [0, 0.05) is 34.1 Å². The van der Waals surface area contributed by atoms with Gasteiger partial charge in [-0.1, -0.05) is 15.9 Å². The molecule has 0 radical (unpaired) electrons. The summed E-state index contributed by atoms with van der Waals surface area (Å²) in [4.78, 5) is 22.8. The second kappa shape index (κ2) is 6.30. The number of fused-ring (bicyclic) bond motifs is 1. The monoisotopic (exact) mass is 353 g/mol. The lowest BCUT2D eigenvalue weighted by Gasteiger charge is -2.11. The van der Waals surface area contributed by atoms with Crippen LogP contribution < -0.4 is 10.1 Å². The number of nitrogens with one attached hydrogen (secondary N) is 1. The number of carboxylic acid groups (broad SMARTS) is 1. The van der Waals surface area contributed by atoms with Crippen LogP contribution in [0.4, 0.5) is 0 Å². The average molecular weight is 354 g/mol. The van der Waals surface area contributed by atoms with Crippen LogP contribution in [0, 0.1) is 0 Å². The van der Waals surface area contributed by atoms with E-state index >= 15 is 0 Å². The molecule has 0 aromatic heterocycles. The third-order valence-corrected chi connectivity index (χ3v) is 3.95. The van der Waals surface area contributed by atoms with E-state index in [1.165, 1.54) is 13.8 Å². The average Bonchev–Trinajstić information content (AvgIpc) is 2.90. The minimum Gasteiger partial charge on any atom is -0.493 e. The number of carboxylic acids is 1. The summed E-state index contributed by atoms with van der Waals surface area (Å²) in [5.41, 5.74) is 2.24. The van der Waals surface area contributed by atoms with Gasteiger partial charge in [0.05, 0.1) is 6.61 Å². The Morgan fingerprint density at radius 3 is 2.71 bits per heavy atom. The molecule has 1 aliphatic heterocycles. The van der Waals surface area contributed by atoms with E-state index in [1.807, 2.05) is 12.1 Å². The van der Waals surface area contributed by atoms with Gasteiger partial charge in [-0.25, -0.2) is 4.79 Å². The van der Waals surface area contributed by atoms with Gasteiger partial charge in [-0.05, 0) is 31.5 Å². The minimum atomic E-state index is -1.09. The molecule has 0 aliphatic carbocycles. The molecular weight excluding hydrogens is 338 g/mol. The van der Waals surface area contributed by atoms with Crippen LogP contribution in [0.15, 0.2) is 27.8 Å². The molecule has 1 aromatic carbocycles. The molecule has 0 unspecified atom stereocenters. The normalized spacial score (nSPS) is 14.0. The molecule has 2 N–H and O–H groups in total. The number of carbonyl (C=O) groups is 2. The Labute approximate surface area is 131 Å². The van der Waals surface area contributed by atoms with Crippen LogP contribution in [-0.4, -0.2) is 23.6 Å². The first-order valence-electron chi connectivity index (χ1n) is 6.53. The summed E-state index contributed by atoms with van der Waals surface area (Å²) in [5.74, 6) is -0.661. The molecule has 1 aliphatic rings. The fraction of sp³-hybridized carbons (Fsp3) is 0.333. The van der Waals surface area contributed by atoms with E-state index in [0.29, 0.717) is 13.2 Å². The number of halogens is 1. The highest BCUT2D eigenvalue weighted by molar-refractivity contribution is 9.10. The first kappa shape index (κ1) is 15.6. The van der Waals surface area contributed by atoms with E-state index in [0.717, 1.165) is 27.8 Å². The molecule has 0 spiro atoms. The molecule has 0 bridgehead atoms. The Bertz CT molecular complexity index is 637. The van der Waals surface area contributed by atoms with Crippen LogP contribution in [0.1, 0.15) is 25.0 Å². The smallest absolute Gasteiger partial charge is 0.331 e. The number of rotatable bonds is 4. The number of hydrogen-bond acceptors (Lipinski definition) is 3. The first-order valence-corrected chi connectivity index (χ1v) is 7.32. The highest BCUT2D eigenvalue weighted by Gasteiger charge is 2.18. The SMILES string of the molecule is C/C(C(=O)O)=C(/C)C(=O)NCc1cc(Br)cc2c1OCC2. The number of carbonyl (C=O) groups excluding carboxylic acids is 1. The summed E-state index contributed by atoms with van der Waals surface area (Å²) < 4.78 is 6.52. The van der Waals surface area contributed by atoms with Crippen molar-refractivity contribution in [1.82, 2.24) is 5.32 Å². The van der Waals surface area contributed by atoms with Crippen molar-refractivity contribution in [1.29, 1.82) is 0 Å². The second-order valence-electron chi connectivity index (χ2n) is 4.89. The summed E-state index contributed by atoms with van der Waals surface area (Å²) in [6.45, 7) is 3.85. The number of ether oxygens (including phenoxy) is 1. The standard InChI is InChI=1S/C15H16BrNO4/c1-8(9(2)15(19)20)14(18)17-7-11-6-12(16)5-10-3-4-21-13(10)11/h5-6H,3-4,7H2,1-2H3,(H,17,18)(H,19,20)/b9-8+. The van der Waals surface area contributed by atoms with Crippen LogP contribution in [0.5, 0.6) is 5.75 Å². The van der Waals surface area contributed by atoms with E-state index in [-0.39, 0.29) is 17.1 Å². The molecular formula is C15H16BrNO4. The van der Waals surface area contributed by atoms with Gasteiger partial charge in [0.15, 0.2) is 0 Å². The maximum Gasteiger partial charge on any atom is 0.331 e. The van der Waals surface area contributed by atoms with E-state index < -0.39 is 5.97 Å². The van der Waals surface area contributed by atoms with Crippen LogP contribution >= 0.6 is 15.9 Å². The van der Waals surface area contributed by atoms with Crippen molar-refractivity contribution in [3.8, 4) is 5.75 Å². The van der Waals surface area contributed by atoms with Crippen LogP contribution in [0.3, 0.4) is 0 Å². The molecule has 112 valence electrons. The third kappa shape index (κ3) is 3.44. The summed E-state index contributed by atoms with van der Waals surface area (Å²) in [7, 11) is 0. The van der Waals surface area contributed by atoms with Crippen molar-refractivity contribution in [3.05, 3.63) is 38.9 Å². The van der Waals surface area contributed by atoms with Crippen molar-refractivity contribution in [2.75, 3.05) is 6.61 Å². The molecule has 2 rings (SSSR count). The molecule has 1 amide bonds. The summed E-state index contributed by atoms with van der Waals surface area (Å²) >= 11 is 3.44. The van der Waals surface area contributed by atoms with Crippen molar-refractivity contribution in [2.45, 2.75) is 26.8 Å². The molecule has 1 heterocycles. The Hall–Kier alpha value is -1.82. The number of amides is 1. The van der Waals surface area contributed by atoms with E-state index in [4.69, 9.17) is 9.84 Å². The molecule has 1 aromatic rings. The number of aliphatic carboxylic acids is 1. The van der Waals surface area contributed by atoms with Gasteiger partial charge in [0.25, 0.3) is 0 Å². The predicted octanol–water partition coefficient (Wildman–Crippen LogP) is 2.42. The lowest BCUT2D eigenvalue weighted by atomic mass is 10.1. The highest BCUT2D eigenvalue weighted by Crippen LogP contribution is 2.32. The van der Waals surface area contributed by atoms with Crippen LogP contribution in [0.2, 0.25) is 0 Å². The third-order valence-electron chi connectivity index (χ3n) is 3.49. The quantitative estimate of drug-likeness (QED) is 0.815. The van der Waals surface area contributed by atoms with Gasteiger partial charge in [0.1, 0.15) is 5.75 Å². The van der Waals surface area contributed by atoms with E-state index in [9.17, 15) is 9.59 Å². The lowest BCUT2D eigenvalue weighted by molar-refractivity contribution is -0.133. The molecule has 0 atom stereocenters. The van der Waals surface area contributed by atoms with Crippen molar-refractivity contribution in [2.24, 2.45) is 0 Å². The van der Waals surface area contributed by atoms with Gasteiger partial charge in [-0.3, -0.25) is 4.79 Å². The fourth-order valence-corrected chi connectivity index (χ4v) is 2.67. The summed E-state index contributed by atoms with van der Waals surface area (Å²) in [5, 5.41) is 11.6. The summed E-state index contributed by atoms with van der Waals surface area (Å²) in [6.07, 6.45) is 0.854. The molecule has 6 heteroatoms. The maximum absolute atomic E-state index is 12.0. The van der Waals surface area contributed by atoms with Crippen molar-refractivity contribution >= 4 is 27.8 Å². The largest absolute Gasteiger partial charge is 0.493 e. The van der Waals surface area contributed by atoms with E-state index in [2.05, 4.69) is 21.2 Å². The molecule has 0 saturated heterocycles. The Morgan fingerprint density at radius 2 is 2.05 bits per heavy atom. The van der Waals surface area contributed by atoms with Crippen molar-refractivity contribution < 1.29 is 19.4 Å². The summed E-state index contributed by atoms with van der Waals surface area (Å²) in [6, 6.07) is 3.90. The molecule has 0 fully saturated rings. The lowest BCUT2D eigenvalue weighted by Crippen LogP contribution is -2.25. The topological polar surface area (TPSA) is 75.6 Å².